The van der Waals surface area contributed by atoms with Crippen molar-refractivity contribution in [2.75, 3.05) is 11.4 Å². The third kappa shape index (κ3) is 1.85. The Balaban J connectivity index is 1.96. The van der Waals surface area contributed by atoms with Crippen molar-refractivity contribution in [1.82, 2.24) is 4.98 Å². The molecular weight excluding hydrogens is 260 g/mol. The summed E-state index contributed by atoms with van der Waals surface area (Å²) in [5.41, 5.74) is 4.26. The van der Waals surface area contributed by atoms with Crippen LogP contribution in [-0.4, -0.2) is 11.5 Å². The topological polar surface area (TPSA) is 36.1 Å². The minimum Gasteiger partial charge on any atom is -0.341 e. The first-order chi connectivity index (χ1) is 10.2. The summed E-state index contributed by atoms with van der Waals surface area (Å²) in [5.74, 6) is 0.948. The molecule has 0 saturated carbocycles. The van der Waals surface area contributed by atoms with Gasteiger partial charge in [-0.15, -0.1) is 0 Å². The number of nitrogens with one attached hydrogen (secondary N) is 1. The molecular formula is C18H16N2O. The number of aromatic amines is 1. The SMILES string of the molecule is Cc1ccc2c(=O)c3c([nH]c2c1)N(c1ccccc1)CC3. The molecule has 3 nitrogen and oxygen atoms in total. The number of H-pyrrole nitrogens is 1. The molecule has 4 rings (SSSR count). The Morgan fingerprint density at radius 1 is 1.10 bits per heavy atom. The predicted octanol–water partition coefficient (Wildman–Crippen LogP) is 3.53. The zero-order valence-corrected chi connectivity index (χ0v) is 11.9. The molecule has 1 aromatic heterocycles. The van der Waals surface area contributed by atoms with Crippen molar-refractivity contribution in [3.8, 4) is 0 Å². The molecule has 3 heteroatoms. The maximum atomic E-state index is 12.7. The quantitative estimate of drug-likeness (QED) is 0.738. The number of para-hydroxylation sites is 1. The van der Waals surface area contributed by atoms with Crippen molar-refractivity contribution in [3.63, 3.8) is 0 Å². The van der Waals surface area contributed by atoms with Gasteiger partial charge in [-0.25, -0.2) is 0 Å². The third-order valence-electron chi connectivity index (χ3n) is 4.16. The van der Waals surface area contributed by atoms with Gasteiger partial charge in [-0.3, -0.25) is 4.79 Å². The average molecular weight is 276 g/mol. The number of nitrogens with zero attached hydrogens (tertiary/aromatic N) is 1. The first-order valence-corrected chi connectivity index (χ1v) is 7.22. The third-order valence-corrected chi connectivity index (χ3v) is 4.16. The Labute approximate surface area is 122 Å². The van der Waals surface area contributed by atoms with Gasteiger partial charge < -0.3 is 9.88 Å². The summed E-state index contributed by atoms with van der Waals surface area (Å²) < 4.78 is 0. The van der Waals surface area contributed by atoms with Crippen LogP contribution in [0, 0.1) is 6.92 Å². The van der Waals surface area contributed by atoms with E-state index in [0.29, 0.717) is 0 Å². The van der Waals surface area contributed by atoms with Crippen molar-refractivity contribution < 1.29 is 0 Å². The summed E-state index contributed by atoms with van der Waals surface area (Å²) in [4.78, 5) is 18.3. The molecule has 0 fully saturated rings. The lowest BCUT2D eigenvalue weighted by atomic mass is 10.1. The maximum Gasteiger partial charge on any atom is 0.194 e. The largest absolute Gasteiger partial charge is 0.341 e. The van der Waals surface area contributed by atoms with Gasteiger partial charge in [0.2, 0.25) is 0 Å². The first kappa shape index (κ1) is 12.2. The molecule has 0 saturated heterocycles. The number of rotatable bonds is 1. The van der Waals surface area contributed by atoms with Crippen LogP contribution in [0.25, 0.3) is 10.9 Å². The van der Waals surface area contributed by atoms with Gasteiger partial charge in [0, 0.05) is 23.2 Å². The Bertz CT molecular complexity index is 881. The monoisotopic (exact) mass is 276 g/mol. The molecule has 0 spiro atoms. The normalized spacial score (nSPS) is 13.7. The van der Waals surface area contributed by atoms with Gasteiger partial charge in [0.25, 0.3) is 0 Å². The van der Waals surface area contributed by atoms with Crippen LogP contribution in [0.3, 0.4) is 0 Å². The van der Waals surface area contributed by atoms with E-state index < -0.39 is 0 Å². The average Bonchev–Trinajstić information content (AvgIpc) is 2.92. The van der Waals surface area contributed by atoms with Gasteiger partial charge in [-0.1, -0.05) is 24.3 Å². The van der Waals surface area contributed by atoms with Crippen LogP contribution < -0.4 is 10.3 Å². The van der Waals surface area contributed by atoms with Crippen LogP contribution in [0.15, 0.2) is 53.3 Å². The number of pyridine rings is 1. The highest BCUT2D eigenvalue weighted by atomic mass is 16.1. The standard InChI is InChI=1S/C18H16N2O/c1-12-7-8-14-16(11-12)19-18-15(17(14)21)9-10-20(18)13-5-3-2-4-6-13/h2-8,11H,9-10H2,1H3,(H,19,21). The smallest absolute Gasteiger partial charge is 0.194 e. The molecule has 1 N–H and O–H groups in total. The van der Waals surface area contributed by atoms with Crippen LogP contribution in [0.1, 0.15) is 11.1 Å². The van der Waals surface area contributed by atoms with E-state index in [1.165, 1.54) is 0 Å². The number of fused-ring (bicyclic) bond motifs is 2. The van der Waals surface area contributed by atoms with Gasteiger partial charge in [-0.2, -0.15) is 0 Å². The second-order valence-corrected chi connectivity index (χ2v) is 5.57. The zero-order chi connectivity index (χ0) is 14.4. The van der Waals surface area contributed by atoms with E-state index in [9.17, 15) is 4.79 Å². The van der Waals surface area contributed by atoms with Crippen molar-refractivity contribution >= 4 is 22.4 Å². The van der Waals surface area contributed by atoms with E-state index in [4.69, 9.17) is 0 Å². The van der Waals surface area contributed by atoms with Crippen molar-refractivity contribution in [1.29, 1.82) is 0 Å². The molecule has 0 radical (unpaired) electrons. The van der Waals surface area contributed by atoms with Crippen LogP contribution in [-0.2, 0) is 6.42 Å². The molecule has 3 aromatic rings. The maximum absolute atomic E-state index is 12.7. The molecule has 1 aliphatic rings. The predicted molar refractivity (Wildman–Crippen MR) is 86.5 cm³/mol. The Kier molecular flexibility index (Phi) is 2.61. The number of anilines is 2. The fraction of sp³-hybridized carbons (Fsp3) is 0.167. The van der Waals surface area contributed by atoms with Gasteiger partial charge in [0.15, 0.2) is 5.43 Å². The lowest BCUT2D eigenvalue weighted by Crippen LogP contribution is -2.15. The second-order valence-electron chi connectivity index (χ2n) is 5.57. The molecule has 2 aromatic carbocycles. The minimum atomic E-state index is 0.164. The summed E-state index contributed by atoms with van der Waals surface area (Å²) in [5, 5.41) is 0.786. The second kappa shape index (κ2) is 4.48. The molecule has 0 bridgehead atoms. The number of aromatic nitrogens is 1. The Morgan fingerprint density at radius 3 is 2.71 bits per heavy atom. The van der Waals surface area contributed by atoms with Gasteiger partial charge in [0.05, 0.1) is 5.52 Å². The molecule has 0 unspecified atom stereocenters. The molecule has 2 heterocycles. The lowest BCUT2D eigenvalue weighted by Gasteiger charge is -2.19. The van der Waals surface area contributed by atoms with E-state index in [-0.39, 0.29) is 5.43 Å². The minimum absolute atomic E-state index is 0.164. The fourth-order valence-electron chi connectivity index (χ4n) is 3.10. The molecule has 0 aliphatic carbocycles. The highest BCUT2D eigenvalue weighted by Gasteiger charge is 2.24. The zero-order valence-electron chi connectivity index (χ0n) is 11.9. The van der Waals surface area contributed by atoms with Crippen LogP contribution >= 0.6 is 0 Å². The molecule has 0 amide bonds. The van der Waals surface area contributed by atoms with Gasteiger partial charge >= 0.3 is 0 Å². The number of hydrogen-bond acceptors (Lipinski definition) is 2. The summed E-state index contributed by atoms with van der Waals surface area (Å²) >= 11 is 0. The van der Waals surface area contributed by atoms with Gasteiger partial charge in [-0.05, 0) is 43.2 Å². The van der Waals surface area contributed by atoms with Crippen molar-refractivity contribution in [3.05, 3.63) is 69.9 Å². The van der Waals surface area contributed by atoms with Crippen molar-refractivity contribution in [2.45, 2.75) is 13.3 Å². The molecule has 21 heavy (non-hydrogen) atoms. The summed E-state index contributed by atoms with van der Waals surface area (Å²) in [7, 11) is 0. The van der Waals surface area contributed by atoms with E-state index in [1.807, 2.05) is 43.3 Å². The van der Waals surface area contributed by atoms with E-state index >= 15 is 0 Å². The summed E-state index contributed by atoms with van der Waals surface area (Å²) in [6, 6.07) is 16.2. The van der Waals surface area contributed by atoms with Crippen LogP contribution in [0.4, 0.5) is 11.5 Å². The summed E-state index contributed by atoms with van der Waals surface area (Å²) in [6.07, 6.45) is 0.795. The van der Waals surface area contributed by atoms with E-state index in [0.717, 1.165) is 46.5 Å². The number of benzene rings is 2. The highest BCUT2D eigenvalue weighted by Crippen LogP contribution is 2.32. The number of hydrogen-bond donors (Lipinski definition) is 1. The highest BCUT2D eigenvalue weighted by molar-refractivity contribution is 5.84. The molecule has 1 aliphatic heterocycles. The Morgan fingerprint density at radius 2 is 1.90 bits per heavy atom. The lowest BCUT2D eigenvalue weighted by molar-refractivity contribution is 0.989. The van der Waals surface area contributed by atoms with E-state index in [2.05, 4.69) is 22.0 Å². The van der Waals surface area contributed by atoms with Crippen LogP contribution in [0.5, 0.6) is 0 Å². The Hall–Kier alpha value is -2.55. The van der Waals surface area contributed by atoms with Crippen molar-refractivity contribution in [2.24, 2.45) is 0 Å². The number of aryl methyl sites for hydroxylation is 1. The molecule has 0 atom stereocenters. The first-order valence-electron chi connectivity index (χ1n) is 7.22. The van der Waals surface area contributed by atoms with Crippen LogP contribution in [0.2, 0.25) is 0 Å². The summed E-state index contributed by atoms with van der Waals surface area (Å²) in [6.45, 7) is 2.89. The fourth-order valence-corrected chi connectivity index (χ4v) is 3.10. The van der Waals surface area contributed by atoms with Gasteiger partial charge in [0.1, 0.15) is 5.82 Å². The molecule has 104 valence electrons. The van der Waals surface area contributed by atoms with E-state index in [1.54, 1.807) is 0 Å².